The molecule has 1 saturated carbocycles. The average molecular weight is 294 g/mol. The van der Waals surface area contributed by atoms with Gasteiger partial charge in [-0.25, -0.2) is 0 Å². The van der Waals surface area contributed by atoms with Crippen LogP contribution in [-0.4, -0.2) is 6.54 Å². The van der Waals surface area contributed by atoms with Crippen molar-refractivity contribution in [3.63, 3.8) is 0 Å². The highest BCUT2D eigenvalue weighted by molar-refractivity contribution is 7.26. The topological polar surface area (TPSA) is 12.0 Å². The maximum Gasteiger partial charge on any atom is 0.0454 e. The minimum absolute atomic E-state index is 0.581. The first kappa shape index (κ1) is 13.6. The second-order valence-corrected chi connectivity index (χ2v) is 7.93. The largest absolute Gasteiger partial charge is 0.309 e. The predicted molar refractivity (Wildman–Crippen MR) is 87.2 cm³/mol. The van der Waals surface area contributed by atoms with E-state index in [-0.39, 0.29) is 0 Å². The van der Waals surface area contributed by atoms with Crippen LogP contribution in [0, 0.1) is 11.8 Å². The van der Waals surface area contributed by atoms with Crippen LogP contribution < -0.4 is 5.32 Å². The maximum atomic E-state index is 3.75. The van der Waals surface area contributed by atoms with Crippen molar-refractivity contribution in [2.45, 2.75) is 45.6 Å². The van der Waals surface area contributed by atoms with Gasteiger partial charge in [0.05, 0.1) is 0 Å². The first-order valence-corrected chi connectivity index (χ1v) is 9.18. The van der Waals surface area contributed by atoms with Gasteiger partial charge < -0.3 is 5.32 Å². The highest BCUT2D eigenvalue weighted by atomic mass is 32.1. The van der Waals surface area contributed by atoms with Gasteiger partial charge in [-0.1, -0.05) is 26.7 Å². The van der Waals surface area contributed by atoms with E-state index >= 15 is 0 Å². The summed E-state index contributed by atoms with van der Waals surface area (Å²) >= 11 is 3.87. The molecule has 1 aliphatic rings. The molecule has 2 heterocycles. The van der Waals surface area contributed by atoms with Gasteiger partial charge in [0.25, 0.3) is 0 Å². The van der Waals surface area contributed by atoms with Crippen molar-refractivity contribution in [1.82, 2.24) is 5.32 Å². The van der Waals surface area contributed by atoms with Gasteiger partial charge in [0.15, 0.2) is 0 Å². The Hall–Kier alpha value is -0.380. The van der Waals surface area contributed by atoms with E-state index in [0.717, 1.165) is 18.4 Å². The van der Waals surface area contributed by atoms with E-state index in [4.69, 9.17) is 0 Å². The number of thiophene rings is 2. The minimum atomic E-state index is 0.581. The van der Waals surface area contributed by atoms with E-state index in [9.17, 15) is 0 Å². The molecule has 2 aromatic heterocycles. The third-order valence-corrected chi connectivity index (χ3v) is 6.51. The number of nitrogens with one attached hydrogen (secondary N) is 1. The van der Waals surface area contributed by atoms with E-state index in [1.807, 2.05) is 22.7 Å². The second kappa shape index (κ2) is 5.94. The van der Waals surface area contributed by atoms with Crippen LogP contribution in [0.25, 0.3) is 9.40 Å². The molecule has 0 aromatic carbocycles. The van der Waals surface area contributed by atoms with Gasteiger partial charge in [0.1, 0.15) is 0 Å². The molecule has 0 bridgehead atoms. The number of rotatable bonds is 4. The Labute approximate surface area is 124 Å². The molecule has 0 saturated heterocycles. The van der Waals surface area contributed by atoms with Gasteiger partial charge >= 0.3 is 0 Å². The molecule has 1 fully saturated rings. The Morgan fingerprint density at radius 2 is 2.26 bits per heavy atom. The predicted octanol–water partition coefficient (Wildman–Crippen LogP) is 5.44. The van der Waals surface area contributed by atoms with Crippen LogP contribution in [0.1, 0.15) is 50.4 Å². The molecule has 19 heavy (non-hydrogen) atoms. The fraction of sp³-hybridized carbons (Fsp3) is 0.625. The van der Waals surface area contributed by atoms with Crippen LogP contribution in [0.2, 0.25) is 0 Å². The molecule has 1 aliphatic carbocycles. The summed E-state index contributed by atoms with van der Waals surface area (Å²) in [7, 11) is 0. The quantitative estimate of drug-likeness (QED) is 0.791. The van der Waals surface area contributed by atoms with Crippen molar-refractivity contribution in [3.05, 3.63) is 22.4 Å². The summed E-state index contributed by atoms with van der Waals surface area (Å²) in [5.74, 6) is 1.73. The Morgan fingerprint density at radius 1 is 1.37 bits per heavy atom. The molecule has 3 unspecified atom stereocenters. The monoisotopic (exact) mass is 293 g/mol. The first-order valence-electron chi connectivity index (χ1n) is 7.48. The van der Waals surface area contributed by atoms with Gasteiger partial charge in [-0.15, -0.1) is 22.7 Å². The normalized spacial score (nSPS) is 25.8. The molecular weight excluding hydrogens is 270 g/mol. The summed E-state index contributed by atoms with van der Waals surface area (Å²) in [5, 5.41) is 5.96. The van der Waals surface area contributed by atoms with Gasteiger partial charge in [0, 0.05) is 20.3 Å². The van der Waals surface area contributed by atoms with E-state index in [1.165, 1.54) is 35.1 Å². The molecule has 1 nitrogen and oxygen atoms in total. The van der Waals surface area contributed by atoms with Crippen LogP contribution in [-0.2, 0) is 0 Å². The van der Waals surface area contributed by atoms with Crippen LogP contribution >= 0.6 is 22.7 Å². The Kier molecular flexibility index (Phi) is 4.25. The maximum absolute atomic E-state index is 3.75. The van der Waals surface area contributed by atoms with Crippen LogP contribution in [0.3, 0.4) is 0 Å². The number of hydrogen-bond donors (Lipinski definition) is 1. The SMILES string of the molecule is CCNC(c1cc2sccc2s1)C1CCCC(C)C1. The first-order chi connectivity index (χ1) is 9.28. The molecule has 3 heteroatoms. The van der Waals surface area contributed by atoms with Gasteiger partial charge in [-0.3, -0.25) is 0 Å². The van der Waals surface area contributed by atoms with Crippen molar-refractivity contribution in [2.75, 3.05) is 6.54 Å². The summed E-state index contributed by atoms with van der Waals surface area (Å²) in [5.41, 5.74) is 0. The van der Waals surface area contributed by atoms with E-state index < -0.39 is 0 Å². The molecule has 0 spiro atoms. The van der Waals surface area contributed by atoms with E-state index in [0.29, 0.717) is 6.04 Å². The molecule has 0 radical (unpaired) electrons. The smallest absolute Gasteiger partial charge is 0.0454 e. The Morgan fingerprint density at radius 3 is 3.00 bits per heavy atom. The van der Waals surface area contributed by atoms with Crippen LogP contribution in [0.5, 0.6) is 0 Å². The fourth-order valence-corrected chi connectivity index (χ4v) is 5.73. The zero-order valence-electron chi connectivity index (χ0n) is 11.8. The molecule has 0 amide bonds. The van der Waals surface area contributed by atoms with Crippen LogP contribution in [0.15, 0.2) is 17.5 Å². The summed E-state index contributed by atoms with van der Waals surface area (Å²) in [6, 6.07) is 5.27. The molecular formula is C16H23NS2. The molecule has 3 atom stereocenters. The third-order valence-electron chi connectivity index (χ3n) is 4.34. The van der Waals surface area contributed by atoms with Crippen molar-refractivity contribution >= 4 is 32.1 Å². The lowest BCUT2D eigenvalue weighted by Gasteiger charge is -2.33. The lowest BCUT2D eigenvalue weighted by atomic mass is 9.78. The molecule has 104 valence electrons. The van der Waals surface area contributed by atoms with Gasteiger partial charge in [0.2, 0.25) is 0 Å². The van der Waals surface area contributed by atoms with Crippen LogP contribution in [0.4, 0.5) is 0 Å². The van der Waals surface area contributed by atoms with Crippen molar-refractivity contribution in [1.29, 1.82) is 0 Å². The summed E-state index contributed by atoms with van der Waals surface area (Å²) < 4.78 is 2.93. The molecule has 1 N–H and O–H groups in total. The van der Waals surface area contributed by atoms with Crippen molar-refractivity contribution < 1.29 is 0 Å². The fourth-order valence-electron chi connectivity index (χ4n) is 3.44. The van der Waals surface area contributed by atoms with Gasteiger partial charge in [-0.2, -0.15) is 0 Å². The summed E-state index contributed by atoms with van der Waals surface area (Å²) in [6.07, 6.45) is 5.62. The van der Waals surface area contributed by atoms with Crippen molar-refractivity contribution in [2.24, 2.45) is 11.8 Å². The van der Waals surface area contributed by atoms with E-state index in [1.54, 1.807) is 4.88 Å². The third kappa shape index (κ3) is 2.88. The second-order valence-electron chi connectivity index (χ2n) is 5.87. The highest BCUT2D eigenvalue weighted by Crippen LogP contribution is 2.41. The van der Waals surface area contributed by atoms with E-state index in [2.05, 4.69) is 36.7 Å². The molecule has 0 aliphatic heterocycles. The number of hydrogen-bond acceptors (Lipinski definition) is 3. The lowest BCUT2D eigenvalue weighted by molar-refractivity contribution is 0.227. The summed E-state index contributed by atoms with van der Waals surface area (Å²) in [4.78, 5) is 1.56. The highest BCUT2D eigenvalue weighted by Gasteiger charge is 2.28. The number of fused-ring (bicyclic) bond motifs is 1. The zero-order valence-corrected chi connectivity index (χ0v) is 13.4. The minimum Gasteiger partial charge on any atom is -0.309 e. The molecule has 3 rings (SSSR count). The van der Waals surface area contributed by atoms with Gasteiger partial charge in [-0.05, 0) is 48.7 Å². The Bertz CT molecular complexity index is 499. The Balaban J connectivity index is 1.85. The lowest BCUT2D eigenvalue weighted by Crippen LogP contribution is -2.30. The molecule has 2 aromatic rings. The average Bonchev–Trinajstić information content (AvgIpc) is 2.96. The summed E-state index contributed by atoms with van der Waals surface area (Å²) in [6.45, 7) is 5.72. The standard InChI is InChI=1S/C16H23NS2/c1-3-17-16(12-6-4-5-11(2)9-12)15-10-14-13(19-15)7-8-18-14/h7-8,10-12,16-17H,3-6,9H2,1-2H3. The zero-order chi connectivity index (χ0) is 13.2. The van der Waals surface area contributed by atoms with Crippen molar-refractivity contribution in [3.8, 4) is 0 Å².